The maximum Gasteiger partial charge on any atom is 0.252 e. The Labute approximate surface area is 117 Å². The standard InChI is InChI=1S/C15H17N3O2/c1-10(9-14(16)18-20)17-15(19)13-8-4-6-11-5-2-3-7-12(11)13/h2-8,10,20H,9H2,1H3,(H2,16,18)(H,17,19). The molecule has 0 aliphatic carbocycles. The molecule has 5 heteroatoms. The highest BCUT2D eigenvalue weighted by atomic mass is 16.4. The number of benzene rings is 2. The molecule has 0 spiro atoms. The Morgan fingerprint density at radius 3 is 2.75 bits per heavy atom. The zero-order valence-corrected chi connectivity index (χ0v) is 11.2. The van der Waals surface area contributed by atoms with E-state index in [0.717, 1.165) is 10.8 Å². The number of nitrogens with two attached hydrogens (primary N) is 1. The molecule has 2 rings (SSSR count). The Morgan fingerprint density at radius 2 is 2.00 bits per heavy atom. The van der Waals surface area contributed by atoms with E-state index in [1.807, 2.05) is 36.4 Å². The van der Waals surface area contributed by atoms with E-state index in [2.05, 4.69) is 10.5 Å². The Kier molecular flexibility index (Phi) is 4.20. The predicted molar refractivity (Wildman–Crippen MR) is 78.9 cm³/mol. The summed E-state index contributed by atoms with van der Waals surface area (Å²) in [7, 11) is 0. The highest BCUT2D eigenvalue weighted by molar-refractivity contribution is 6.07. The summed E-state index contributed by atoms with van der Waals surface area (Å²) in [6.07, 6.45) is 0.299. The number of carbonyl (C=O) groups is 1. The smallest absolute Gasteiger partial charge is 0.252 e. The van der Waals surface area contributed by atoms with Crippen molar-refractivity contribution in [3.63, 3.8) is 0 Å². The Hall–Kier alpha value is -2.56. The average Bonchev–Trinajstić information content (AvgIpc) is 2.46. The molecule has 0 saturated heterocycles. The van der Waals surface area contributed by atoms with Crippen LogP contribution in [0.1, 0.15) is 23.7 Å². The number of nitrogens with one attached hydrogen (secondary N) is 1. The quantitative estimate of drug-likeness (QED) is 0.344. The molecule has 2 aromatic carbocycles. The molecule has 104 valence electrons. The minimum absolute atomic E-state index is 0.0933. The molecular weight excluding hydrogens is 254 g/mol. The molecule has 0 aliphatic rings. The van der Waals surface area contributed by atoms with Crippen molar-refractivity contribution in [1.82, 2.24) is 5.32 Å². The number of amides is 1. The zero-order chi connectivity index (χ0) is 14.5. The summed E-state index contributed by atoms with van der Waals surface area (Å²) in [5, 5.41) is 16.2. The van der Waals surface area contributed by atoms with Gasteiger partial charge in [-0.3, -0.25) is 4.79 Å². The van der Waals surface area contributed by atoms with Crippen LogP contribution in [0.3, 0.4) is 0 Å². The lowest BCUT2D eigenvalue weighted by atomic mass is 10.0. The van der Waals surface area contributed by atoms with Crippen molar-refractivity contribution in [3.8, 4) is 0 Å². The van der Waals surface area contributed by atoms with Crippen LogP contribution >= 0.6 is 0 Å². The van der Waals surface area contributed by atoms with Gasteiger partial charge in [0.1, 0.15) is 5.84 Å². The topological polar surface area (TPSA) is 87.7 Å². The van der Waals surface area contributed by atoms with Crippen molar-refractivity contribution in [3.05, 3.63) is 48.0 Å². The van der Waals surface area contributed by atoms with Gasteiger partial charge in [0.2, 0.25) is 0 Å². The molecule has 5 nitrogen and oxygen atoms in total. The van der Waals surface area contributed by atoms with Crippen LogP contribution in [-0.2, 0) is 0 Å². The Bertz CT molecular complexity index is 647. The van der Waals surface area contributed by atoms with E-state index in [9.17, 15) is 4.79 Å². The van der Waals surface area contributed by atoms with Gasteiger partial charge in [-0.15, -0.1) is 0 Å². The highest BCUT2D eigenvalue weighted by Crippen LogP contribution is 2.18. The average molecular weight is 271 g/mol. The second-order valence-corrected chi connectivity index (χ2v) is 4.70. The molecule has 0 bridgehead atoms. The molecule has 20 heavy (non-hydrogen) atoms. The van der Waals surface area contributed by atoms with E-state index in [1.54, 1.807) is 13.0 Å². The predicted octanol–water partition coefficient (Wildman–Crippen LogP) is 2.09. The number of amidine groups is 1. The summed E-state index contributed by atoms with van der Waals surface area (Å²) < 4.78 is 0. The van der Waals surface area contributed by atoms with Crippen LogP contribution in [0.15, 0.2) is 47.6 Å². The number of nitrogens with zero attached hydrogens (tertiary/aromatic N) is 1. The maximum absolute atomic E-state index is 12.3. The normalized spacial score (nSPS) is 13.2. The lowest BCUT2D eigenvalue weighted by molar-refractivity contribution is 0.0942. The van der Waals surface area contributed by atoms with Gasteiger partial charge >= 0.3 is 0 Å². The highest BCUT2D eigenvalue weighted by Gasteiger charge is 2.13. The Morgan fingerprint density at radius 1 is 1.30 bits per heavy atom. The molecule has 0 saturated carbocycles. The van der Waals surface area contributed by atoms with E-state index < -0.39 is 0 Å². The van der Waals surface area contributed by atoms with Crippen molar-refractivity contribution in [2.24, 2.45) is 10.9 Å². The maximum atomic E-state index is 12.3. The lowest BCUT2D eigenvalue weighted by Gasteiger charge is -2.14. The van der Waals surface area contributed by atoms with Gasteiger partial charge in [-0.25, -0.2) is 0 Å². The second kappa shape index (κ2) is 6.06. The minimum atomic E-state index is -0.211. The summed E-state index contributed by atoms with van der Waals surface area (Å²) >= 11 is 0. The molecule has 0 radical (unpaired) electrons. The van der Waals surface area contributed by atoms with Crippen LogP contribution in [-0.4, -0.2) is 23.0 Å². The monoisotopic (exact) mass is 271 g/mol. The van der Waals surface area contributed by atoms with E-state index in [1.165, 1.54) is 0 Å². The van der Waals surface area contributed by atoms with Gasteiger partial charge in [0.15, 0.2) is 0 Å². The van der Waals surface area contributed by atoms with Crippen LogP contribution in [0.5, 0.6) is 0 Å². The van der Waals surface area contributed by atoms with Gasteiger partial charge < -0.3 is 16.3 Å². The molecule has 0 fully saturated rings. The fourth-order valence-electron chi connectivity index (χ4n) is 2.13. The van der Waals surface area contributed by atoms with Gasteiger partial charge in [-0.05, 0) is 23.8 Å². The van der Waals surface area contributed by atoms with Crippen LogP contribution < -0.4 is 11.1 Å². The van der Waals surface area contributed by atoms with E-state index in [4.69, 9.17) is 10.9 Å². The van der Waals surface area contributed by atoms with E-state index in [-0.39, 0.29) is 17.8 Å². The Balaban J connectivity index is 2.20. The van der Waals surface area contributed by atoms with Crippen molar-refractivity contribution in [2.45, 2.75) is 19.4 Å². The first-order valence-electron chi connectivity index (χ1n) is 6.37. The minimum Gasteiger partial charge on any atom is -0.409 e. The lowest BCUT2D eigenvalue weighted by Crippen LogP contribution is -2.35. The summed E-state index contributed by atoms with van der Waals surface area (Å²) in [6, 6.07) is 13.1. The van der Waals surface area contributed by atoms with Crippen LogP contribution in [0.25, 0.3) is 10.8 Å². The largest absolute Gasteiger partial charge is 0.409 e. The number of carbonyl (C=O) groups excluding carboxylic acids is 1. The first-order chi connectivity index (χ1) is 9.61. The van der Waals surface area contributed by atoms with Gasteiger partial charge in [0, 0.05) is 18.0 Å². The number of rotatable bonds is 4. The first kappa shape index (κ1) is 13.9. The van der Waals surface area contributed by atoms with Gasteiger partial charge in [0.05, 0.1) is 0 Å². The SMILES string of the molecule is CC(CC(N)=NO)NC(=O)c1cccc2ccccc12. The fourth-order valence-corrected chi connectivity index (χ4v) is 2.13. The number of hydrogen-bond acceptors (Lipinski definition) is 3. The fraction of sp³-hybridized carbons (Fsp3) is 0.200. The molecule has 2 aromatic rings. The number of fused-ring (bicyclic) bond motifs is 1. The van der Waals surface area contributed by atoms with Crippen molar-refractivity contribution in [1.29, 1.82) is 0 Å². The van der Waals surface area contributed by atoms with E-state index in [0.29, 0.717) is 12.0 Å². The summed E-state index contributed by atoms with van der Waals surface area (Å²) in [5.74, 6) is -0.0734. The van der Waals surface area contributed by atoms with Gasteiger partial charge in [-0.1, -0.05) is 41.6 Å². The summed E-state index contributed by atoms with van der Waals surface area (Å²) in [6.45, 7) is 1.81. The van der Waals surface area contributed by atoms with Crippen LogP contribution in [0.2, 0.25) is 0 Å². The van der Waals surface area contributed by atoms with Crippen LogP contribution in [0.4, 0.5) is 0 Å². The van der Waals surface area contributed by atoms with E-state index >= 15 is 0 Å². The third-order valence-electron chi connectivity index (χ3n) is 3.06. The molecule has 4 N–H and O–H groups in total. The second-order valence-electron chi connectivity index (χ2n) is 4.70. The van der Waals surface area contributed by atoms with Crippen molar-refractivity contribution >= 4 is 22.5 Å². The van der Waals surface area contributed by atoms with Gasteiger partial charge in [-0.2, -0.15) is 0 Å². The van der Waals surface area contributed by atoms with Crippen molar-refractivity contribution < 1.29 is 10.0 Å². The summed E-state index contributed by atoms with van der Waals surface area (Å²) in [4.78, 5) is 12.3. The molecular formula is C15H17N3O2. The molecule has 1 atom stereocenters. The zero-order valence-electron chi connectivity index (χ0n) is 11.2. The molecule has 1 unspecified atom stereocenters. The van der Waals surface area contributed by atoms with Crippen LogP contribution in [0, 0.1) is 0 Å². The summed E-state index contributed by atoms with van der Waals surface area (Å²) in [5.41, 5.74) is 6.05. The molecule has 1 amide bonds. The van der Waals surface area contributed by atoms with Gasteiger partial charge in [0.25, 0.3) is 5.91 Å². The first-order valence-corrected chi connectivity index (χ1v) is 6.37. The molecule has 0 aliphatic heterocycles. The third-order valence-corrected chi connectivity index (χ3v) is 3.06. The molecule has 0 heterocycles. The molecule has 0 aromatic heterocycles. The van der Waals surface area contributed by atoms with Crippen molar-refractivity contribution in [2.75, 3.05) is 0 Å². The number of oxime groups is 1. The number of hydrogen-bond donors (Lipinski definition) is 3. The third kappa shape index (κ3) is 3.06.